The van der Waals surface area contributed by atoms with E-state index in [1.807, 2.05) is 37.1 Å². The van der Waals surface area contributed by atoms with Crippen molar-refractivity contribution >= 4 is 5.96 Å². The van der Waals surface area contributed by atoms with Crippen molar-refractivity contribution in [3.63, 3.8) is 0 Å². The van der Waals surface area contributed by atoms with Gasteiger partial charge in [0.15, 0.2) is 17.5 Å². The standard InChI is InChI=1S/C21H28FN3O3/c1-6-23-21(25(2)14-15-8-7-9-17(22)12-15)24-13-16-10-11-18(26-3)20(28-5)19(16)27-4/h7-12H,6,13-14H2,1-5H3,(H,23,24). The smallest absolute Gasteiger partial charge is 0.203 e. The van der Waals surface area contributed by atoms with Crippen LogP contribution in [0.3, 0.4) is 0 Å². The molecule has 0 aliphatic carbocycles. The molecule has 0 aliphatic rings. The minimum Gasteiger partial charge on any atom is -0.493 e. The lowest BCUT2D eigenvalue weighted by Crippen LogP contribution is -2.38. The molecule has 0 heterocycles. The highest BCUT2D eigenvalue weighted by molar-refractivity contribution is 5.79. The molecule has 6 nitrogen and oxygen atoms in total. The molecule has 0 fully saturated rings. The normalized spacial score (nSPS) is 11.1. The fraction of sp³-hybridized carbons (Fsp3) is 0.381. The first kappa shape index (κ1) is 21.3. The number of methoxy groups -OCH3 is 3. The van der Waals surface area contributed by atoms with Gasteiger partial charge >= 0.3 is 0 Å². The van der Waals surface area contributed by atoms with Crippen molar-refractivity contribution in [2.45, 2.75) is 20.0 Å². The fourth-order valence-corrected chi connectivity index (χ4v) is 2.90. The van der Waals surface area contributed by atoms with E-state index >= 15 is 0 Å². The first-order valence-electron chi connectivity index (χ1n) is 9.05. The molecule has 2 rings (SSSR count). The zero-order chi connectivity index (χ0) is 20.5. The van der Waals surface area contributed by atoms with Crippen molar-refractivity contribution in [2.24, 2.45) is 4.99 Å². The van der Waals surface area contributed by atoms with Gasteiger partial charge in [-0.1, -0.05) is 12.1 Å². The average molecular weight is 389 g/mol. The van der Waals surface area contributed by atoms with E-state index in [2.05, 4.69) is 5.32 Å². The van der Waals surface area contributed by atoms with Gasteiger partial charge in [-0.2, -0.15) is 0 Å². The highest BCUT2D eigenvalue weighted by Crippen LogP contribution is 2.39. The molecule has 2 aromatic rings. The summed E-state index contributed by atoms with van der Waals surface area (Å²) >= 11 is 0. The van der Waals surface area contributed by atoms with Crippen LogP contribution in [0.1, 0.15) is 18.1 Å². The molecule has 0 amide bonds. The minimum absolute atomic E-state index is 0.247. The Balaban J connectivity index is 2.24. The molecule has 7 heteroatoms. The number of benzene rings is 2. The summed E-state index contributed by atoms with van der Waals surface area (Å²) in [4.78, 5) is 6.65. The highest BCUT2D eigenvalue weighted by atomic mass is 19.1. The van der Waals surface area contributed by atoms with Crippen molar-refractivity contribution in [3.05, 3.63) is 53.3 Å². The zero-order valence-electron chi connectivity index (χ0n) is 17.1. The largest absolute Gasteiger partial charge is 0.493 e. The second-order valence-electron chi connectivity index (χ2n) is 6.15. The lowest BCUT2D eigenvalue weighted by molar-refractivity contribution is 0.322. The van der Waals surface area contributed by atoms with Gasteiger partial charge in [0.1, 0.15) is 5.82 Å². The molecule has 0 spiro atoms. The van der Waals surface area contributed by atoms with Crippen LogP contribution in [0.4, 0.5) is 4.39 Å². The Labute approximate surface area is 165 Å². The Morgan fingerprint density at radius 1 is 1.07 bits per heavy atom. The van der Waals surface area contributed by atoms with E-state index in [9.17, 15) is 4.39 Å². The number of halogens is 1. The molecule has 2 aromatic carbocycles. The number of nitrogens with zero attached hydrogens (tertiary/aromatic N) is 2. The molecule has 0 saturated heterocycles. The van der Waals surface area contributed by atoms with Gasteiger partial charge in [0, 0.05) is 25.7 Å². The first-order valence-corrected chi connectivity index (χ1v) is 9.05. The molecule has 0 aliphatic heterocycles. The van der Waals surface area contributed by atoms with Gasteiger partial charge in [-0.25, -0.2) is 9.38 Å². The topological polar surface area (TPSA) is 55.3 Å². The summed E-state index contributed by atoms with van der Waals surface area (Å²) < 4.78 is 29.7. The lowest BCUT2D eigenvalue weighted by atomic mass is 10.1. The second kappa shape index (κ2) is 10.4. The first-order chi connectivity index (χ1) is 13.5. The highest BCUT2D eigenvalue weighted by Gasteiger charge is 2.16. The Morgan fingerprint density at radius 3 is 2.43 bits per heavy atom. The summed E-state index contributed by atoms with van der Waals surface area (Å²) in [7, 11) is 6.66. The number of ether oxygens (including phenoxy) is 3. The van der Waals surface area contributed by atoms with Gasteiger partial charge in [-0.05, 0) is 36.8 Å². The van der Waals surface area contributed by atoms with E-state index in [4.69, 9.17) is 19.2 Å². The Morgan fingerprint density at radius 2 is 1.82 bits per heavy atom. The van der Waals surface area contributed by atoms with Crippen molar-refractivity contribution in [3.8, 4) is 17.2 Å². The van der Waals surface area contributed by atoms with Gasteiger partial charge in [0.05, 0.1) is 27.9 Å². The second-order valence-corrected chi connectivity index (χ2v) is 6.15. The van der Waals surface area contributed by atoms with Crippen LogP contribution < -0.4 is 19.5 Å². The van der Waals surface area contributed by atoms with Crippen LogP contribution in [0, 0.1) is 5.82 Å². The number of guanidine groups is 1. The third-order valence-electron chi connectivity index (χ3n) is 4.19. The van der Waals surface area contributed by atoms with Crippen molar-refractivity contribution in [1.82, 2.24) is 10.2 Å². The number of hydrogen-bond donors (Lipinski definition) is 1. The van der Waals surface area contributed by atoms with Gasteiger partial charge in [-0.15, -0.1) is 0 Å². The van der Waals surface area contributed by atoms with Crippen LogP contribution in [-0.4, -0.2) is 45.8 Å². The Bertz CT molecular complexity index is 811. The lowest BCUT2D eigenvalue weighted by Gasteiger charge is -2.22. The number of hydrogen-bond acceptors (Lipinski definition) is 4. The molecule has 0 radical (unpaired) electrons. The van der Waals surface area contributed by atoms with E-state index in [1.165, 1.54) is 12.1 Å². The van der Waals surface area contributed by atoms with Gasteiger partial charge in [-0.3, -0.25) is 0 Å². The SMILES string of the molecule is CCNC(=NCc1ccc(OC)c(OC)c1OC)N(C)Cc1cccc(F)c1. The number of rotatable bonds is 8. The van der Waals surface area contributed by atoms with Crippen LogP contribution in [0.25, 0.3) is 0 Å². The molecule has 0 atom stereocenters. The summed E-state index contributed by atoms with van der Waals surface area (Å²) in [6, 6.07) is 10.3. The Hall–Kier alpha value is -2.96. The molecule has 0 aromatic heterocycles. The third-order valence-corrected chi connectivity index (χ3v) is 4.19. The van der Waals surface area contributed by atoms with E-state index in [0.29, 0.717) is 36.3 Å². The van der Waals surface area contributed by atoms with Crippen LogP contribution >= 0.6 is 0 Å². The molecule has 152 valence electrons. The minimum atomic E-state index is -0.247. The number of nitrogens with one attached hydrogen (secondary N) is 1. The maximum absolute atomic E-state index is 13.5. The molecule has 1 N–H and O–H groups in total. The van der Waals surface area contributed by atoms with Crippen LogP contribution in [-0.2, 0) is 13.1 Å². The van der Waals surface area contributed by atoms with E-state index < -0.39 is 0 Å². The van der Waals surface area contributed by atoms with Crippen molar-refractivity contribution < 1.29 is 18.6 Å². The summed E-state index contributed by atoms with van der Waals surface area (Å²) in [6.07, 6.45) is 0. The van der Waals surface area contributed by atoms with E-state index in [1.54, 1.807) is 27.4 Å². The van der Waals surface area contributed by atoms with Crippen LogP contribution in [0.5, 0.6) is 17.2 Å². The predicted octanol–water partition coefficient (Wildman–Crippen LogP) is 3.45. The van der Waals surface area contributed by atoms with Gasteiger partial charge in [0.25, 0.3) is 0 Å². The van der Waals surface area contributed by atoms with Crippen molar-refractivity contribution in [1.29, 1.82) is 0 Å². The monoisotopic (exact) mass is 389 g/mol. The third kappa shape index (κ3) is 5.28. The molecular formula is C21H28FN3O3. The van der Waals surface area contributed by atoms with Crippen LogP contribution in [0.15, 0.2) is 41.4 Å². The average Bonchev–Trinajstić information content (AvgIpc) is 2.70. The van der Waals surface area contributed by atoms with Gasteiger partial charge in [0.2, 0.25) is 5.75 Å². The quantitative estimate of drug-likeness (QED) is 0.554. The van der Waals surface area contributed by atoms with Crippen LogP contribution in [0.2, 0.25) is 0 Å². The molecule has 0 bridgehead atoms. The predicted molar refractivity (Wildman–Crippen MR) is 109 cm³/mol. The van der Waals surface area contributed by atoms with Crippen molar-refractivity contribution in [2.75, 3.05) is 34.9 Å². The number of aliphatic imine (C=N–C) groups is 1. The zero-order valence-corrected chi connectivity index (χ0v) is 17.1. The van der Waals surface area contributed by atoms with E-state index in [-0.39, 0.29) is 5.82 Å². The molecule has 0 saturated carbocycles. The Kier molecular flexibility index (Phi) is 7.92. The molecule has 0 unspecified atom stereocenters. The summed E-state index contributed by atoms with van der Waals surface area (Å²) in [5.41, 5.74) is 1.74. The maximum atomic E-state index is 13.5. The fourth-order valence-electron chi connectivity index (χ4n) is 2.90. The maximum Gasteiger partial charge on any atom is 0.203 e. The summed E-state index contributed by atoms with van der Waals surface area (Å²) in [6.45, 7) is 3.64. The molecule has 28 heavy (non-hydrogen) atoms. The molecular weight excluding hydrogens is 361 g/mol. The van der Waals surface area contributed by atoms with Gasteiger partial charge < -0.3 is 24.4 Å². The summed E-state index contributed by atoms with van der Waals surface area (Å²) in [5, 5.41) is 3.26. The van der Waals surface area contributed by atoms with E-state index in [0.717, 1.165) is 17.7 Å². The summed E-state index contributed by atoms with van der Waals surface area (Å²) in [5.74, 6) is 2.19.